The minimum absolute atomic E-state index is 0.0688. The molecule has 8 nitrogen and oxygen atoms in total. The Hall–Kier alpha value is -2.74. The van der Waals surface area contributed by atoms with E-state index in [0.29, 0.717) is 10.8 Å². The zero-order valence-electron chi connectivity index (χ0n) is 11.0. The number of aliphatic carboxylic acids is 1. The number of benzene rings is 1. The van der Waals surface area contributed by atoms with Gasteiger partial charge in [0.2, 0.25) is 0 Å². The molecule has 0 spiro atoms. The molecule has 1 aromatic carbocycles. The van der Waals surface area contributed by atoms with Crippen LogP contribution in [-0.2, 0) is 9.53 Å². The summed E-state index contributed by atoms with van der Waals surface area (Å²) in [4.78, 5) is 33.8. The molecular formula is C13H13N3O5. The number of H-pyrrole nitrogens is 1. The molecule has 0 bridgehead atoms. The molecule has 2 aromatic rings. The Bertz CT molecular complexity index is 725. The zero-order chi connectivity index (χ0) is 15.2. The predicted octanol–water partition coefficient (Wildman–Crippen LogP) is -0.246. The summed E-state index contributed by atoms with van der Waals surface area (Å²) in [6, 6.07) is 6.63. The lowest BCUT2D eigenvalue weighted by Crippen LogP contribution is -2.30. The smallest absolute Gasteiger partial charge is 0.329 e. The van der Waals surface area contributed by atoms with Gasteiger partial charge in [-0.3, -0.25) is 9.59 Å². The van der Waals surface area contributed by atoms with Crippen LogP contribution in [0.1, 0.15) is 10.5 Å². The normalized spacial score (nSPS) is 10.5. The van der Waals surface area contributed by atoms with Crippen molar-refractivity contribution in [3.05, 3.63) is 40.3 Å². The average molecular weight is 291 g/mol. The first-order valence-corrected chi connectivity index (χ1v) is 6.15. The summed E-state index contributed by atoms with van der Waals surface area (Å²) < 4.78 is 4.80. The van der Waals surface area contributed by atoms with E-state index < -0.39 is 18.5 Å². The van der Waals surface area contributed by atoms with Crippen molar-refractivity contribution in [3.8, 4) is 0 Å². The van der Waals surface area contributed by atoms with Gasteiger partial charge in [0.1, 0.15) is 6.61 Å². The number of aromatic amines is 1. The van der Waals surface area contributed by atoms with Crippen LogP contribution >= 0.6 is 0 Å². The van der Waals surface area contributed by atoms with Crippen LogP contribution in [0.3, 0.4) is 0 Å². The first kappa shape index (κ1) is 14.7. The Morgan fingerprint density at radius 1 is 1.29 bits per heavy atom. The van der Waals surface area contributed by atoms with Crippen LogP contribution in [0.2, 0.25) is 0 Å². The molecule has 0 aliphatic carbocycles. The molecule has 0 saturated heterocycles. The largest absolute Gasteiger partial charge is 0.480 e. The van der Waals surface area contributed by atoms with Crippen LogP contribution in [0.4, 0.5) is 0 Å². The Morgan fingerprint density at radius 2 is 2.00 bits per heavy atom. The van der Waals surface area contributed by atoms with Gasteiger partial charge < -0.3 is 15.2 Å². The van der Waals surface area contributed by atoms with E-state index in [1.54, 1.807) is 24.3 Å². The van der Waals surface area contributed by atoms with Crippen molar-refractivity contribution in [1.82, 2.24) is 15.5 Å². The van der Waals surface area contributed by atoms with Crippen LogP contribution < -0.4 is 10.9 Å². The number of nitrogens with one attached hydrogen (secondary N) is 2. The Kier molecular flexibility index (Phi) is 4.62. The number of amides is 1. The summed E-state index contributed by atoms with van der Waals surface area (Å²) in [5.41, 5.74) is -0.268. The summed E-state index contributed by atoms with van der Waals surface area (Å²) >= 11 is 0. The van der Waals surface area contributed by atoms with Gasteiger partial charge in [-0.2, -0.15) is 5.10 Å². The zero-order valence-corrected chi connectivity index (χ0v) is 11.0. The third-order valence-corrected chi connectivity index (χ3v) is 2.67. The van der Waals surface area contributed by atoms with E-state index in [2.05, 4.69) is 15.5 Å². The lowest BCUT2D eigenvalue weighted by atomic mass is 10.1. The molecule has 8 heteroatoms. The number of aromatic nitrogens is 2. The molecule has 0 atom stereocenters. The first-order chi connectivity index (χ1) is 10.1. The lowest BCUT2D eigenvalue weighted by molar-refractivity contribution is -0.142. The van der Waals surface area contributed by atoms with E-state index >= 15 is 0 Å². The van der Waals surface area contributed by atoms with Gasteiger partial charge in [-0.05, 0) is 6.07 Å². The number of nitrogens with zero attached hydrogens (tertiary/aromatic N) is 1. The van der Waals surface area contributed by atoms with Crippen molar-refractivity contribution < 1.29 is 19.4 Å². The second-order valence-corrected chi connectivity index (χ2v) is 4.15. The number of carbonyl (C=O) groups is 2. The minimum atomic E-state index is -1.07. The van der Waals surface area contributed by atoms with E-state index in [9.17, 15) is 14.4 Å². The van der Waals surface area contributed by atoms with Crippen LogP contribution in [0.25, 0.3) is 10.8 Å². The van der Waals surface area contributed by atoms with Gasteiger partial charge >= 0.3 is 5.97 Å². The van der Waals surface area contributed by atoms with E-state index in [4.69, 9.17) is 9.84 Å². The highest BCUT2D eigenvalue weighted by Crippen LogP contribution is 2.11. The van der Waals surface area contributed by atoms with Gasteiger partial charge in [-0.1, -0.05) is 18.2 Å². The lowest BCUT2D eigenvalue weighted by Gasteiger charge is -2.06. The highest BCUT2D eigenvalue weighted by molar-refractivity contribution is 6.04. The average Bonchev–Trinajstić information content (AvgIpc) is 2.47. The van der Waals surface area contributed by atoms with Gasteiger partial charge in [0, 0.05) is 11.9 Å². The molecular weight excluding hydrogens is 278 g/mol. The van der Waals surface area contributed by atoms with Crippen LogP contribution in [0, 0.1) is 0 Å². The van der Waals surface area contributed by atoms with Crippen molar-refractivity contribution in [3.63, 3.8) is 0 Å². The third kappa shape index (κ3) is 3.63. The molecule has 3 N–H and O–H groups in total. The first-order valence-electron chi connectivity index (χ1n) is 6.15. The van der Waals surface area contributed by atoms with Crippen LogP contribution in [-0.4, -0.2) is 46.9 Å². The molecule has 1 heterocycles. The summed E-state index contributed by atoms with van der Waals surface area (Å²) in [5.74, 6) is -1.55. The van der Waals surface area contributed by atoms with Gasteiger partial charge in [0.25, 0.3) is 11.5 Å². The van der Waals surface area contributed by atoms with Crippen molar-refractivity contribution in [2.24, 2.45) is 0 Å². The summed E-state index contributed by atoms with van der Waals surface area (Å²) in [6.45, 7) is -0.212. The molecule has 21 heavy (non-hydrogen) atoms. The highest BCUT2D eigenvalue weighted by atomic mass is 16.5. The van der Waals surface area contributed by atoms with Crippen LogP contribution in [0.15, 0.2) is 29.1 Å². The number of carboxylic acid groups (broad SMARTS) is 1. The standard InChI is InChI=1S/C13H13N3O5/c17-10(18)7-21-6-5-14-13(20)11-8-3-1-2-4-9(8)12(19)16-15-11/h1-4H,5-7H2,(H,14,20)(H,16,19)(H,17,18). The fourth-order valence-corrected chi connectivity index (χ4v) is 1.77. The number of ether oxygens (including phenoxy) is 1. The van der Waals surface area contributed by atoms with Gasteiger partial charge in [0.05, 0.1) is 12.0 Å². The molecule has 0 fully saturated rings. The van der Waals surface area contributed by atoms with Gasteiger partial charge in [0.15, 0.2) is 5.69 Å². The van der Waals surface area contributed by atoms with E-state index in [1.807, 2.05) is 0 Å². The van der Waals surface area contributed by atoms with E-state index in [1.165, 1.54) is 0 Å². The molecule has 2 rings (SSSR count). The molecule has 0 radical (unpaired) electrons. The maximum absolute atomic E-state index is 12.0. The van der Waals surface area contributed by atoms with Crippen molar-refractivity contribution in [1.29, 1.82) is 0 Å². The Morgan fingerprint density at radius 3 is 2.71 bits per heavy atom. The van der Waals surface area contributed by atoms with E-state index in [0.717, 1.165) is 0 Å². The molecule has 1 amide bonds. The number of fused-ring (bicyclic) bond motifs is 1. The van der Waals surface area contributed by atoms with Crippen molar-refractivity contribution >= 4 is 22.6 Å². The van der Waals surface area contributed by atoms with Crippen molar-refractivity contribution in [2.75, 3.05) is 19.8 Å². The second kappa shape index (κ2) is 6.62. The maximum Gasteiger partial charge on any atom is 0.329 e. The van der Waals surface area contributed by atoms with Crippen LogP contribution in [0.5, 0.6) is 0 Å². The summed E-state index contributed by atoms with van der Waals surface area (Å²) in [7, 11) is 0. The quantitative estimate of drug-likeness (QED) is 0.631. The summed E-state index contributed by atoms with van der Waals surface area (Å²) in [5, 5.41) is 17.8. The second-order valence-electron chi connectivity index (χ2n) is 4.15. The number of carbonyl (C=O) groups excluding carboxylic acids is 1. The number of hydrogen-bond acceptors (Lipinski definition) is 5. The summed E-state index contributed by atoms with van der Waals surface area (Å²) in [6.07, 6.45) is 0. The SMILES string of the molecule is O=C(O)COCCNC(=O)c1n[nH]c(=O)c2ccccc12. The molecule has 1 aromatic heterocycles. The monoisotopic (exact) mass is 291 g/mol. The maximum atomic E-state index is 12.0. The Balaban J connectivity index is 2.05. The van der Waals surface area contributed by atoms with Gasteiger partial charge in [-0.25, -0.2) is 9.89 Å². The number of hydrogen-bond donors (Lipinski definition) is 3. The topological polar surface area (TPSA) is 121 Å². The van der Waals surface area contributed by atoms with E-state index in [-0.39, 0.29) is 24.4 Å². The molecule has 0 aliphatic rings. The van der Waals surface area contributed by atoms with Gasteiger partial charge in [-0.15, -0.1) is 0 Å². The Labute approximate surface area is 118 Å². The predicted molar refractivity (Wildman–Crippen MR) is 73.2 cm³/mol. The van der Waals surface area contributed by atoms with Crippen molar-refractivity contribution in [2.45, 2.75) is 0 Å². The molecule has 0 unspecified atom stereocenters. The highest BCUT2D eigenvalue weighted by Gasteiger charge is 2.13. The third-order valence-electron chi connectivity index (χ3n) is 2.67. The fourth-order valence-electron chi connectivity index (χ4n) is 1.77. The molecule has 0 aliphatic heterocycles. The number of carboxylic acids is 1. The molecule has 110 valence electrons. The fraction of sp³-hybridized carbons (Fsp3) is 0.231. The number of rotatable bonds is 6. The molecule has 0 saturated carbocycles. The minimum Gasteiger partial charge on any atom is -0.480 e.